The number of hydrogen-bond donors (Lipinski definition) is 1. The lowest BCUT2D eigenvalue weighted by atomic mass is 9.98. The van der Waals surface area contributed by atoms with Gasteiger partial charge in [0.1, 0.15) is 17.0 Å². The Kier molecular flexibility index (Phi) is 6.32. The lowest BCUT2D eigenvalue weighted by molar-refractivity contribution is 0.00835. The van der Waals surface area contributed by atoms with Gasteiger partial charge >= 0.3 is 0 Å². The Hall–Kier alpha value is -4.35. The number of aromatic nitrogens is 2. The Balaban J connectivity index is 1.53. The van der Waals surface area contributed by atoms with Crippen LogP contribution in [-0.2, 0) is 11.3 Å². The molecule has 180 valence electrons. The zero-order valence-electron chi connectivity index (χ0n) is 19.6. The highest BCUT2D eigenvalue weighted by Gasteiger charge is 2.23. The number of hydrogen-bond acceptors (Lipinski definition) is 5. The van der Waals surface area contributed by atoms with Crippen LogP contribution >= 0.6 is 0 Å². The largest absolute Gasteiger partial charge is 0.380 e. The van der Waals surface area contributed by atoms with Crippen molar-refractivity contribution in [3.63, 3.8) is 0 Å². The smallest absolute Gasteiger partial charge is 0.265 e. The number of rotatable bonds is 6. The first-order valence-electron chi connectivity index (χ1n) is 11.6. The van der Waals surface area contributed by atoms with E-state index in [1.807, 2.05) is 13.0 Å². The zero-order valence-corrected chi connectivity index (χ0v) is 19.6. The molecule has 4 aromatic rings. The number of nitriles is 1. The first kappa shape index (κ1) is 23.4. The minimum Gasteiger partial charge on any atom is -0.380 e. The van der Waals surface area contributed by atoms with Crippen LogP contribution in [0.15, 0.2) is 71.7 Å². The highest BCUT2D eigenvalue weighted by Crippen LogP contribution is 2.26. The van der Waals surface area contributed by atoms with E-state index >= 15 is 0 Å². The standard InChI is InChI=1S/C28H23FN4O3/c1-17(20-6-2-18(12-30)3-7-20)32-27(34)25-11-21-10-22(23-15-36-16-23)13-31-26(21)33(28(25)35)14-19-4-8-24(29)9-5-19/h2-11,13,17,23H,14-16H2,1H3,(H,32,34)/t17-/m1/s1. The fourth-order valence-electron chi connectivity index (χ4n) is 4.22. The van der Waals surface area contributed by atoms with E-state index in [1.165, 1.54) is 16.7 Å². The summed E-state index contributed by atoms with van der Waals surface area (Å²) in [5.41, 5.74) is 2.99. The van der Waals surface area contributed by atoms with Gasteiger partial charge in [0.2, 0.25) is 0 Å². The molecule has 0 radical (unpaired) electrons. The number of fused-ring (bicyclic) bond motifs is 1. The molecule has 2 aromatic carbocycles. The predicted molar refractivity (Wildman–Crippen MR) is 132 cm³/mol. The highest BCUT2D eigenvalue weighted by molar-refractivity contribution is 5.97. The molecule has 0 aliphatic carbocycles. The van der Waals surface area contributed by atoms with Crippen molar-refractivity contribution in [3.05, 3.63) is 111 Å². The Morgan fingerprint density at radius 2 is 1.92 bits per heavy atom. The van der Waals surface area contributed by atoms with E-state index in [-0.39, 0.29) is 29.9 Å². The van der Waals surface area contributed by atoms with Crippen LogP contribution in [0.3, 0.4) is 0 Å². The highest BCUT2D eigenvalue weighted by atomic mass is 19.1. The van der Waals surface area contributed by atoms with Crippen molar-refractivity contribution in [1.82, 2.24) is 14.9 Å². The summed E-state index contributed by atoms with van der Waals surface area (Å²) >= 11 is 0. The molecule has 1 aliphatic heterocycles. The number of carbonyl (C=O) groups excluding carboxylic acids is 1. The Labute approximate surface area is 206 Å². The predicted octanol–water partition coefficient (Wildman–Crippen LogP) is 4.06. The number of halogens is 1. The Morgan fingerprint density at radius 3 is 2.56 bits per heavy atom. The minimum absolute atomic E-state index is 0.00563. The second-order valence-corrected chi connectivity index (χ2v) is 8.92. The van der Waals surface area contributed by atoms with E-state index in [9.17, 15) is 14.0 Å². The summed E-state index contributed by atoms with van der Waals surface area (Å²) in [7, 11) is 0. The molecular weight excluding hydrogens is 459 g/mol. The quantitative estimate of drug-likeness (QED) is 0.447. The molecule has 1 aliphatic rings. The Morgan fingerprint density at radius 1 is 1.19 bits per heavy atom. The average Bonchev–Trinajstić information content (AvgIpc) is 2.85. The van der Waals surface area contributed by atoms with Gasteiger partial charge in [0.05, 0.1) is 37.4 Å². The van der Waals surface area contributed by atoms with Gasteiger partial charge in [0.15, 0.2) is 0 Å². The molecule has 1 saturated heterocycles. The number of amides is 1. The molecule has 7 nitrogen and oxygen atoms in total. The molecule has 1 N–H and O–H groups in total. The summed E-state index contributed by atoms with van der Waals surface area (Å²) in [6.07, 6.45) is 1.74. The van der Waals surface area contributed by atoms with Gasteiger partial charge in [-0.1, -0.05) is 24.3 Å². The summed E-state index contributed by atoms with van der Waals surface area (Å²) in [6, 6.07) is 18.0. The van der Waals surface area contributed by atoms with E-state index in [0.29, 0.717) is 35.4 Å². The second-order valence-electron chi connectivity index (χ2n) is 8.92. The first-order chi connectivity index (χ1) is 17.4. The van der Waals surface area contributed by atoms with Gasteiger partial charge in [-0.15, -0.1) is 0 Å². The molecule has 1 atom stereocenters. The van der Waals surface area contributed by atoms with E-state index in [4.69, 9.17) is 10.00 Å². The number of ether oxygens (including phenoxy) is 1. The van der Waals surface area contributed by atoms with Crippen LogP contribution in [0.5, 0.6) is 0 Å². The summed E-state index contributed by atoms with van der Waals surface area (Å²) < 4.78 is 20.2. The SMILES string of the molecule is C[C@@H](NC(=O)c1cc2cc(C3COC3)cnc2n(Cc2ccc(F)cc2)c1=O)c1ccc(C#N)cc1. The molecule has 8 heteroatoms. The van der Waals surface area contributed by atoms with Crippen LogP contribution in [0.1, 0.15) is 51.5 Å². The van der Waals surface area contributed by atoms with Crippen molar-refractivity contribution in [2.24, 2.45) is 0 Å². The molecule has 1 fully saturated rings. The van der Waals surface area contributed by atoms with E-state index in [0.717, 1.165) is 11.1 Å². The molecule has 0 unspecified atom stereocenters. The van der Waals surface area contributed by atoms with Gasteiger partial charge in [0.25, 0.3) is 11.5 Å². The third-order valence-electron chi connectivity index (χ3n) is 6.44. The maximum Gasteiger partial charge on any atom is 0.265 e. The molecular formula is C28H23FN4O3. The zero-order chi connectivity index (χ0) is 25.2. The lowest BCUT2D eigenvalue weighted by Crippen LogP contribution is -2.35. The fraction of sp³-hybridized carbons (Fsp3) is 0.214. The third-order valence-corrected chi connectivity index (χ3v) is 6.44. The van der Waals surface area contributed by atoms with Gasteiger partial charge in [-0.25, -0.2) is 9.37 Å². The van der Waals surface area contributed by atoms with Crippen LogP contribution in [0.25, 0.3) is 11.0 Å². The van der Waals surface area contributed by atoms with Crippen LogP contribution in [0.2, 0.25) is 0 Å². The number of nitrogens with one attached hydrogen (secondary N) is 1. The number of carbonyl (C=O) groups is 1. The van der Waals surface area contributed by atoms with Crippen molar-refractivity contribution >= 4 is 16.9 Å². The molecule has 1 amide bonds. The number of nitrogens with zero attached hydrogens (tertiary/aromatic N) is 3. The average molecular weight is 483 g/mol. The monoisotopic (exact) mass is 482 g/mol. The van der Waals surface area contributed by atoms with Gasteiger partial charge in [-0.05, 0) is 60.0 Å². The second kappa shape index (κ2) is 9.72. The molecule has 36 heavy (non-hydrogen) atoms. The summed E-state index contributed by atoms with van der Waals surface area (Å²) in [5, 5.41) is 12.6. The molecule has 0 spiro atoms. The van der Waals surface area contributed by atoms with Gasteiger partial charge in [-0.2, -0.15) is 5.26 Å². The summed E-state index contributed by atoms with van der Waals surface area (Å²) in [5.74, 6) is -0.650. The first-order valence-corrected chi connectivity index (χ1v) is 11.6. The van der Waals surface area contributed by atoms with Crippen molar-refractivity contribution in [2.45, 2.75) is 25.4 Å². The molecule has 0 bridgehead atoms. The van der Waals surface area contributed by atoms with E-state index in [1.54, 1.807) is 48.7 Å². The van der Waals surface area contributed by atoms with Crippen LogP contribution in [0.4, 0.5) is 4.39 Å². The van der Waals surface area contributed by atoms with Crippen molar-refractivity contribution in [1.29, 1.82) is 5.26 Å². The fourth-order valence-corrected chi connectivity index (χ4v) is 4.22. The maximum absolute atomic E-state index is 13.5. The van der Waals surface area contributed by atoms with Crippen LogP contribution in [0, 0.1) is 17.1 Å². The van der Waals surface area contributed by atoms with Crippen LogP contribution in [-0.4, -0.2) is 28.7 Å². The van der Waals surface area contributed by atoms with Gasteiger partial charge < -0.3 is 10.1 Å². The molecule has 0 saturated carbocycles. The third kappa shape index (κ3) is 4.61. The molecule has 5 rings (SSSR count). The number of benzene rings is 2. The number of pyridine rings is 2. The molecule has 2 aromatic heterocycles. The summed E-state index contributed by atoms with van der Waals surface area (Å²) in [6.45, 7) is 3.17. The van der Waals surface area contributed by atoms with E-state index in [2.05, 4.69) is 16.4 Å². The van der Waals surface area contributed by atoms with Crippen LogP contribution < -0.4 is 10.9 Å². The molecule has 3 heterocycles. The maximum atomic E-state index is 13.5. The van der Waals surface area contributed by atoms with Crippen molar-refractivity contribution in [3.8, 4) is 6.07 Å². The summed E-state index contributed by atoms with van der Waals surface area (Å²) in [4.78, 5) is 31.4. The van der Waals surface area contributed by atoms with Crippen molar-refractivity contribution in [2.75, 3.05) is 13.2 Å². The topological polar surface area (TPSA) is 97.0 Å². The van der Waals surface area contributed by atoms with Gasteiger partial charge in [0, 0.05) is 17.5 Å². The minimum atomic E-state index is -0.510. The Bertz CT molecular complexity index is 1540. The lowest BCUT2D eigenvalue weighted by Gasteiger charge is -2.26. The van der Waals surface area contributed by atoms with Crippen molar-refractivity contribution < 1.29 is 13.9 Å². The normalized spacial score (nSPS) is 14.1. The van der Waals surface area contributed by atoms with E-state index < -0.39 is 11.5 Å². The van der Waals surface area contributed by atoms with Gasteiger partial charge in [-0.3, -0.25) is 14.2 Å².